The van der Waals surface area contributed by atoms with Crippen molar-refractivity contribution in [2.45, 2.75) is 6.54 Å². The average Bonchev–Trinajstić information content (AvgIpc) is 2.47. The predicted molar refractivity (Wildman–Crippen MR) is 85.6 cm³/mol. The number of benzene rings is 1. The van der Waals surface area contributed by atoms with E-state index in [2.05, 4.69) is 10.3 Å². The molecule has 110 valence electrons. The first kappa shape index (κ1) is 15.3. The Balaban J connectivity index is 2.18. The fourth-order valence-corrected chi connectivity index (χ4v) is 2.16. The molecule has 21 heavy (non-hydrogen) atoms. The summed E-state index contributed by atoms with van der Waals surface area (Å²) in [6, 6.07) is 6.31. The molecule has 0 bridgehead atoms. The maximum atomic E-state index is 11.0. The molecular weight excluding hydrogens is 389 g/mol. The highest BCUT2D eigenvalue weighted by Crippen LogP contribution is 2.28. The molecule has 0 saturated heterocycles. The Bertz CT molecular complexity index is 678. The Morgan fingerprint density at radius 3 is 2.90 bits per heavy atom. The van der Waals surface area contributed by atoms with Gasteiger partial charge in [-0.25, -0.2) is 4.98 Å². The number of phenolic OH excluding ortho intramolecular Hbond substituents is 1. The number of pyridine rings is 1. The summed E-state index contributed by atoms with van der Waals surface area (Å²) in [7, 11) is 1.46. The van der Waals surface area contributed by atoms with Gasteiger partial charge in [-0.1, -0.05) is 6.07 Å². The van der Waals surface area contributed by atoms with Crippen molar-refractivity contribution in [3.63, 3.8) is 0 Å². The van der Waals surface area contributed by atoms with E-state index in [0.717, 1.165) is 5.56 Å². The van der Waals surface area contributed by atoms with Crippen molar-refractivity contribution in [3.05, 3.63) is 49.7 Å². The number of phenols is 1. The van der Waals surface area contributed by atoms with E-state index in [1.807, 2.05) is 22.6 Å². The van der Waals surface area contributed by atoms with Crippen LogP contribution in [0.4, 0.5) is 11.5 Å². The van der Waals surface area contributed by atoms with Crippen molar-refractivity contribution in [2.75, 3.05) is 12.4 Å². The molecule has 1 heterocycles. The van der Waals surface area contributed by atoms with Crippen LogP contribution in [0.15, 0.2) is 30.5 Å². The molecule has 1 aromatic heterocycles. The Morgan fingerprint density at radius 2 is 2.24 bits per heavy atom. The Hall–Kier alpha value is -2.10. The Morgan fingerprint density at radius 1 is 1.48 bits per heavy atom. The van der Waals surface area contributed by atoms with Crippen molar-refractivity contribution in [1.29, 1.82) is 0 Å². The molecule has 1 aromatic carbocycles. The van der Waals surface area contributed by atoms with Crippen molar-refractivity contribution >= 4 is 34.1 Å². The monoisotopic (exact) mass is 401 g/mol. The first-order valence-electron chi connectivity index (χ1n) is 5.91. The summed E-state index contributed by atoms with van der Waals surface area (Å²) < 4.78 is 5.70. The van der Waals surface area contributed by atoms with Crippen molar-refractivity contribution < 1.29 is 14.8 Å². The number of nitro groups is 1. The van der Waals surface area contributed by atoms with Crippen LogP contribution in [-0.4, -0.2) is 22.1 Å². The molecule has 0 unspecified atom stereocenters. The fourth-order valence-electron chi connectivity index (χ4n) is 1.72. The summed E-state index contributed by atoms with van der Waals surface area (Å²) in [5.41, 5.74) is 0.729. The minimum absolute atomic E-state index is 0.0413. The van der Waals surface area contributed by atoms with Gasteiger partial charge in [0.15, 0.2) is 11.5 Å². The third kappa shape index (κ3) is 3.72. The van der Waals surface area contributed by atoms with Crippen LogP contribution >= 0.6 is 22.6 Å². The zero-order chi connectivity index (χ0) is 15.4. The smallest absolute Gasteiger partial charge is 0.312 e. The first-order valence-corrected chi connectivity index (χ1v) is 6.99. The van der Waals surface area contributed by atoms with Crippen LogP contribution < -0.4 is 10.1 Å². The number of nitrogens with zero attached hydrogens (tertiary/aromatic N) is 2. The highest BCUT2D eigenvalue weighted by atomic mass is 127. The van der Waals surface area contributed by atoms with Crippen LogP contribution in [0.25, 0.3) is 0 Å². The summed E-state index contributed by atoms with van der Waals surface area (Å²) in [6.07, 6.45) is 1.55. The van der Waals surface area contributed by atoms with Gasteiger partial charge in [0.2, 0.25) is 5.82 Å². The zero-order valence-electron chi connectivity index (χ0n) is 11.0. The van der Waals surface area contributed by atoms with E-state index in [1.165, 1.54) is 19.2 Å². The number of anilines is 1. The number of halogens is 1. The van der Waals surface area contributed by atoms with Crippen molar-refractivity contribution in [1.82, 2.24) is 4.98 Å². The van der Waals surface area contributed by atoms with Gasteiger partial charge in [-0.05, 0) is 40.3 Å². The van der Waals surface area contributed by atoms with Crippen LogP contribution in [0, 0.1) is 13.7 Å². The topological polar surface area (TPSA) is 97.5 Å². The van der Waals surface area contributed by atoms with Gasteiger partial charge < -0.3 is 15.2 Å². The van der Waals surface area contributed by atoms with Crippen LogP contribution in [0.5, 0.6) is 11.5 Å². The second kappa shape index (κ2) is 6.57. The highest BCUT2D eigenvalue weighted by molar-refractivity contribution is 14.1. The number of hydrogen-bond acceptors (Lipinski definition) is 6. The summed E-state index contributed by atoms with van der Waals surface area (Å²) in [5, 5.41) is 23.4. The van der Waals surface area contributed by atoms with Gasteiger partial charge in [0.1, 0.15) is 0 Å². The van der Waals surface area contributed by atoms with E-state index in [9.17, 15) is 15.2 Å². The summed E-state index contributed by atoms with van der Waals surface area (Å²) >= 11 is 1.97. The third-order valence-corrected chi connectivity index (χ3v) is 3.32. The minimum atomic E-state index is -0.477. The highest BCUT2D eigenvalue weighted by Gasteiger charge is 2.15. The van der Waals surface area contributed by atoms with Gasteiger partial charge in [-0.15, -0.1) is 0 Å². The quantitative estimate of drug-likeness (QED) is 0.454. The predicted octanol–water partition coefficient (Wildman–Crippen LogP) is 2.92. The van der Waals surface area contributed by atoms with E-state index in [-0.39, 0.29) is 17.3 Å². The molecule has 8 heteroatoms. The van der Waals surface area contributed by atoms with E-state index in [0.29, 0.717) is 15.9 Å². The molecular formula is C13H12IN3O4. The minimum Gasteiger partial charge on any atom is -0.504 e. The number of ether oxygens (including phenoxy) is 1. The molecule has 2 N–H and O–H groups in total. The molecule has 0 aliphatic rings. The van der Waals surface area contributed by atoms with E-state index < -0.39 is 4.92 Å². The standard InChI is InChI=1S/C13H12IN3O4/c1-21-12-4-8(2-3-11(12)18)6-15-13-10(17(19)20)5-9(14)7-16-13/h2-5,7,18H,6H2,1H3,(H,15,16). The van der Waals surface area contributed by atoms with Crippen LogP contribution in [0.1, 0.15) is 5.56 Å². The molecule has 0 aliphatic carbocycles. The largest absolute Gasteiger partial charge is 0.504 e. The summed E-state index contributed by atoms with van der Waals surface area (Å²) in [6.45, 7) is 0.324. The maximum Gasteiger partial charge on any atom is 0.312 e. The lowest BCUT2D eigenvalue weighted by Gasteiger charge is -2.09. The molecule has 2 rings (SSSR count). The molecule has 0 fully saturated rings. The molecule has 2 aromatic rings. The molecule has 0 amide bonds. The number of aromatic hydroxyl groups is 1. The molecule has 0 aliphatic heterocycles. The van der Waals surface area contributed by atoms with Gasteiger partial charge in [-0.3, -0.25) is 10.1 Å². The SMILES string of the molecule is COc1cc(CNc2ncc(I)cc2[N+](=O)[O-])ccc1O. The second-order valence-electron chi connectivity index (χ2n) is 4.14. The number of nitrogens with one attached hydrogen (secondary N) is 1. The van der Waals surface area contributed by atoms with Crippen molar-refractivity contribution in [2.24, 2.45) is 0 Å². The van der Waals surface area contributed by atoms with E-state index in [1.54, 1.807) is 18.3 Å². The lowest BCUT2D eigenvalue weighted by molar-refractivity contribution is -0.384. The van der Waals surface area contributed by atoms with Gasteiger partial charge in [0.25, 0.3) is 0 Å². The summed E-state index contributed by atoms with van der Waals surface area (Å²) in [4.78, 5) is 14.6. The first-order chi connectivity index (χ1) is 10.0. The lowest BCUT2D eigenvalue weighted by Crippen LogP contribution is -2.05. The molecule has 0 radical (unpaired) electrons. The number of rotatable bonds is 5. The van der Waals surface area contributed by atoms with Crippen LogP contribution in [0.3, 0.4) is 0 Å². The zero-order valence-corrected chi connectivity index (χ0v) is 13.2. The maximum absolute atomic E-state index is 11.0. The molecule has 7 nitrogen and oxygen atoms in total. The molecule has 0 saturated carbocycles. The normalized spacial score (nSPS) is 10.2. The third-order valence-electron chi connectivity index (χ3n) is 2.73. The van der Waals surface area contributed by atoms with Crippen molar-refractivity contribution in [3.8, 4) is 11.5 Å². The summed E-state index contributed by atoms with van der Waals surface area (Å²) in [5.74, 6) is 0.589. The number of aromatic nitrogens is 1. The molecule has 0 spiro atoms. The van der Waals surface area contributed by atoms with Gasteiger partial charge >= 0.3 is 5.69 Å². The Labute approximate surface area is 134 Å². The average molecular weight is 401 g/mol. The fraction of sp³-hybridized carbons (Fsp3) is 0.154. The number of hydrogen-bond donors (Lipinski definition) is 2. The van der Waals surface area contributed by atoms with E-state index >= 15 is 0 Å². The second-order valence-corrected chi connectivity index (χ2v) is 5.38. The molecule has 0 atom stereocenters. The van der Waals surface area contributed by atoms with Gasteiger partial charge in [0.05, 0.1) is 12.0 Å². The lowest BCUT2D eigenvalue weighted by atomic mass is 10.2. The Kier molecular flexibility index (Phi) is 4.78. The van der Waals surface area contributed by atoms with Gasteiger partial charge in [0, 0.05) is 22.4 Å². The van der Waals surface area contributed by atoms with E-state index in [4.69, 9.17) is 4.74 Å². The number of methoxy groups -OCH3 is 1. The van der Waals surface area contributed by atoms with Gasteiger partial charge in [-0.2, -0.15) is 0 Å². The van der Waals surface area contributed by atoms with Crippen LogP contribution in [0.2, 0.25) is 0 Å². The van der Waals surface area contributed by atoms with Crippen LogP contribution in [-0.2, 0) is 6.54 Å².